The van der Waals surface area contributed by atoms with E-state index in [2.05, 4.69) is 0 Å². The third kappa shape index (κ3) is 5.44. The standard InChI is InChI=1S/C12H18N2O5S2/c1-9-6-10(8-11(7-9)21(13,18)19)12(15)14(2)4-5-20(3,16)17/h6-8H,4-5H2,1-3H3,(H2,13,18,19). The first kappa shape index (κ1) is 17.6. The van der Waals surface area contributed by atoms with Crippen LogP contribution in [0.4, 0.5) is 0 Å². The molecule has 0 saturated carbocycles. The predicted molar refractivity (Wildman–Crippen MR) is 79.2 cm³/mol. The van der Waals surface area contributed by atoms with Crippen LogP contribution in [0.2, 0.25) is 0 Å². The molecule has 0 saturated heterocycles. The molecule has 0 bridgehead atoms. The molecule has 0 fully saturated rings. The molecule has 1 aromatic carbocycles. The molecule has 1 rings (SSSR count). The van der Waals surface area contributed by atoms with Gasteiger partial charge in [-0.2, -0.15) is 0 Å². The van der Waals surface area contributed by atoms with E-state index in [0.29, 0.717) is 5.56 Å². The molecule has 118 valence electrons. The Morgan fingerprint density at radius 1 is 1.19 bits per heavy atom. The number of benzene rings is 1. The molecular weight excluding hydrogens is 316 g/mol. The van der Waals surface area contributed by atoms with Gasteiger partial charge in [0, 0.05) is 25.4 Å². The lowest BCUT2D eigenvalue weighted by molar-refractivity contribution is 0.0803. The van der Waals surface area contributed by atoms with Gasteiger partial charge in [0.2, 0.25) is 10.0 Å². The topological polar surface area (TPSA) is 115 Å². The molecule has 0 aliphatic heterocycles. The van der Waals surface area contributed by atoms with Crippen molar-refractivity contribution in [2.24, 2.45) is 5.14 Å². The third-order valence-electron chi connectivity index (χ3n) is 2.77. The summed E-state index contributed by atoms with van der Waals surface area (Å²) >= 11 is 0. The zero-order valence-electron chi connectivity index (χ0n) is 12.0. The number of aryl methyl sites for hydroxylation is 1. The monoisotopic (exact) mass is 334 g/mol. The first-order valence-corrected chi connectivity index (χ1v) is 9.58. The van der Waals surface area contributed by atoms with Crippen LogP contribution < -0.4 is 5.14 Å². The third-order valence-corrected chi connectivity index (χ3v) is 4.59. The number of nitrogens with two attached hydrogens (primary N) is 1. The molecule has 0 radical (unpaired) electrons. The van der Waals surface area contributed by atoms with Crippen molar-refractivity contribution in [1.82, 2.24) is 4.90 Å². The van der Waals surface area contributed by atoms with Crippen LogP contribution >= 0.6 is 0 Å². The minimum absolute atomic E-state index is 0.0241. The van der Waals surface area contributed by atoms with Gasteiger partial charge in [0.15, 0.2) is 0 Å². The molecule has 21 heavy (non-hydrogen) atoms. The maximum absolute atomic E-state index is 12.2. The Kier molecular flexibility index (Phi) is 5.13. The van der Waals surface area contributed by atoms with E-state index < -0.39 is 25.8 Å². The van der Waals surface area contributed by atoms with Crippen molar-refractivity contribution in [2.75, 3.05) is 25.6 Å². The van der Waals surface area contributed by atoms with Crippen LogP contribution in [0.1, 0.15) is 15.9 Å². The van der Waals surface area contributed by atoms with E-state index in [4.69, 9.17) is 5.14 Å². The number of hydrogen-bond donors (Lipinski definition) is 1. The summed E-state index contributed by atoms with van der Waals surface area (Å²) in [5.74, 6) is -0.629. The summed E-state index contributed by atoms with van der Waals surface area (Å²) in [6.07, 6.45) is 1.08. The van der Waals surface area contributed by atoms with Gasteiger partial charge in [0.05, 0.1) is 10.6 Å². The second kappa shape index (κ2) is 6.12. The molecule has 0 spiro atoms. The fourth-order valence-electron chi connectivity index (χ4n) is 1.66. The molecule has 0 unspecified atom stereocenters. The Morgan fingerprint density at radius 3 is 2.24 bits per heavy atom. The highest BCUT2D eigenvalue weighted by atomic mass is 32.2. The number of hydrogen-bond acceptors (Lipinski definition) is 5. The van der Waals surface area contributed by atoms with E-state index in [-0.39, 0.29) is 22.8 Å². The second-order valence-electron chi connectivity index (χ2n) is 4.94. The lowest BCUT2D eigenvalue weighted by atomic mass is 10.1. The minimum Gasteiger partial charge on any atom is -0.341 e. The van der Waals surface area contributed by atoms with E-state index in [1.165, 1.54) is 30.1 Å². The lowest BCUT2D eigenvalue weighted by Crippen LogP contribution is -2.31. The van der Waals surface area contributed by atoms with Crippen molar-refractivity contribution < 1.29 is 21.6 Å². The zero-order chi connectivity index (χ0) is 16.4. The van der Waals surface area contributed by atoms with E-state index in [9.17, 15) is 21.6 Å². The van der Waals surface area contributed by atoms with Crippen LogP contribution in [0, 0.1) is 6.92 Å². The smallest absolute Gasteiger partial charge is 0.253 e. The number of sulfone groups is 1. The van der Waals surface area contributed by atoms with Crippen LogP contribution in [-0.4, -0.2) is 53.2 Å². The van der Waals surface area contributed by atoms with Crippen molar-refractivity contribution in [2.45, 2.75) is 11.8 Å². The van der Waals surface area contributed by atoms with E-state index >= 15 is 0 Å². The van der Waals surface area contributed by atoms with Crippen molar-refractivity contribution in [3.8, 4) is 0 Å². The van der Waals surface area contributed by atoms with Crippen LogP contribution in [0.25, 0.3) is 0 Å². The van der Waals surface area contributed by atoms with E-state index in [1.807, 2.05) is 0 Å². The van der Waals surface area contributed by atoms with Gasteiger partial charge in [-0.3, -0.25) is 4.79 Å². The van der Waals surface area contributed by atoms with Crippen LogP contribution in [0.5, 0.6) is 0 Å². The van der Waals surface area contributed by atoms with Gasteiger partial charge in [-0.15, -0.1) is 0 Å². The van der Waals surface area contributed by atoms with E-state index in [1.54, 1.807) is 6.92 Å². The van der Waals surface area contributed by atoms with Gasteiger partial charge in [0.25, 0.3) is 5.91 Å². The van der Waals surface area contributed by atoms with E-state index in [0.717, 1.165) is 6.26 Å². The van der Waals surface area contributed by atoms with Crippen LogP contribution in [0.15, 0.2) is 23.1 Å². The number of carbonyl (C=O) groups is 1. The van der Waals surface area contributed by atoms with Gasteiger partial charge in [0.1, 0.15) is 9.84 Å². The molecule has 0 aliphatic rings. The fraction of sp³-hybridized carbons (Fsp3) is 0.417. The number of primary sulfonamides is 1. The van der Waals surface area contributed by atoms with Gasteiger partial charge < -0.3 is 4.90 Å². The molecule has 0 heterocycles. The minimum atomic E-state index is -3.91. The Balaban J connectivity index is 3.05. The summed E-state index contributed by atoms with van der Waals surface area (Å²) in [5, 5.41) is 5.05. The average molecular weight is 334 g/mol. The Morgan fingerprint density at radius 2 is 1.76 bits per heavy atom. The second-order valence-corrected chi connectivity index (χ2v) is 8.76. The lowest BCUT2D eigenvalue weighted by Gasteiger charge is -2.17. The van der Waals surface area contributed by atoms with Crippen molar-refractivity contribution >= 4 is 25.8 Å². The molecular formula is C12H18N2O5S2. The highest BCUT2D eigenvalue weighted by Crippen LogP contribution is 2.15. The zero-order valence-corrected chi connectivity index (χ0v) is 13.7. The molecule has 1 amide bonds. The largest absolute Gasteiger partial charge is 0.341 e. The van der Waals surface area contributed by atoms with Gasteiger partial charge >= 0.3 is 0 Å². The maximum Gasteiger partial charge on any atom is 0.253 e. The van der Waals surface area contributed by atoms with Crippen molar-refractivity contribution in [3.05, 3.63) is 29.3 Å². The van der Waals surface area contributed by atoms with Gasteiger partial charge in [-0.1, -0.05) is 0 Å². The summed E-state index contributed by atoms with van der Waals surface area (Å²) in [7, 11) is -5.64. The van der Waals surface area contributed by atoms with Crippen LogP contribution in [-0.2, 0) is 19.9 Å². The maximum atomic E-state index is 12.2. The first-order valence-electron chi connectivity index (χ1n) is 5.98. The molecule has 1 aromatic rings. The Bertz CT molecular complexity index is 754. The van der Waals surface area contributed by atoms with Crippen molar-refractivity contribution in [1.29, 1.82) is 0 Å². The highest BCUT2D eigenvalue weighted by molar-refractivity contribution is 7.90. The first-order chi connectivity index (χ1) is 9.40. The number of carbonyl (C=O) groups excluding carboxylic acids is 1. The van der Waals surface area contributed by atoms with Gasteiger partial charge in [-0.25, -0.2) is 22.0 Å². The summed E-state index contributed by atoms with van der Waals surface area (Å²) in [6, 6.07) is 4.07. The SMILES string of the molecule is Cc1cc(C(=O)N(C)CCS(C)(=O)=O)cc(S(N)(=O)=O)c1. The summed E-state index contributed by atoms with van der Waals surface area (Å²) in [6.45, 7) is 1.66. The number of nitrogens with zero attached hydrogens (tertiary/aromatic N) is 1. The quantitative estimate of drug-likeness (QED) is 0.798. The Hall–Kier alpha value is -1.45. The average Bonchev–Trinajstić information content (AvgIpc) is 2.32. The fourth-order valence-corrected chi connectivity index (χ4v) is 2.91. The highest BCUT2D eigenvalue weighted by Gasteiger charge is 2.17. The summed E-state index contributed by atoms with van der Waals surface area (Å²) in [4.78, 5) is 13.3. The molecule has 2 N–H and O–H groups in total. The Labute approximate surface area is 124 Å². The number of rotatable bonds is 5. The molecule has 9 heteroatoms. The molecule has 7 nitrogen and oxygen atoms in total. The normalized spacial score (nSPS) is 12.2. The van der Waals surface area contributed by atoms with Gasteiger partial charge in [-0.05, 0) is 30.7 Å². The van der Waals surface area contributed by atoms with Crippen molar-refractivity contribution in [3.63, 3.8) is 0 Å². The summed E-state index contributed by atoms with van der Waals surface area (Å²) in [5.41, 5.74) is 0.719. The predicted octanol–water partition coefficient (Wildman–Crippen LogP) is -0.241. The molecule has 0 aromatic heterocycles. The number of amides is 1. The number of sulfonamides is 1. The summed E-state index contributed by atoms with van der Waals surface area (Å²) < 4.78 is 44.9. The van der Waals surface area contributed by atoms with Crippen LogP contribution in [0.3, 0.4) is 0 Å². The molecule has 0 aliphatic carbocycles. The molecule has 0 atom stereocenters.